The Bertz CT molecular complexity index is 1510. The lowest BCUT2D eigenvalue weighted by Gasteiger charge is -2.32. The van der Waals surface area contributed by atoms with Gasteiger partial charge < -0.3 is 10.6 Å². The molecule has 2 heterocycles. The summed E-state index contributed by atoms with van der Waals surface area (Å²) in [5, 5.41) is 6.79. The number of piperidine rings is 1. The average Bonchev–Trinajstić information content (AvgIpc) is 3.00. The van der Waals surface area contributed by atoms with Gasteiger partial charge in [0, 0.05) is 42.8 Å². The maximum atomic E-state index is 13.2. The molecule has 5 rings (SSSR count). The van der Waals surface area contributed by atoms with Crippen molar-refractivity contribution < 1.29 is 14.0 Å². The zero-order valence-electron chi connectivity index (χ0n) is 23.8. The van der Waals surface area contributed by atoms with E-state index in [4.69, 9.17) is 4.98 Å². The highest BCUT2D eigenvalue weighted by atomic mass is 19.1. The molecule has 41 heavy (non-hydrogen) atoms. The zero-order chi connectivity index (χ0) is 28.8. The van der Waals surface area contributed by atoms with Crippen molar-refractivity contribution in [1.82, 2.24) is 15.2 Å². The minimum atomic E-state index is -0.274. The Morgan fingerprint density at radius 1 is 0.976 bits per heavy atom. The van der Waals surface area contributed by atoms with E-state index in [1.165, 1.54) is 30.5 Å². The first-order valence-corrected chi connectivity index (χ1v) is 14.4. The van der Waals surface area contributed by atoms with Crippen LogP contribution in [0.1, 0.15) is 53.6 Å². The summed E-state index contributed by atoms with van der Waals surface area (Å²) >= 11 is 0. The van der Waals surface area contributed by atoms with Gasteiger partial charge in [-0.25, -0.2) is 4.39 Å². The summed E-state index contributed by atoms with van der Waals surface area (Å²) < 4.78 is 13.2. The predicted molar refractivity (Wildman–Crippen MR) is 162 cm³/mol. The molecule has 212 valence electrons. The lowest BCUT2D eigenvalue weighted by atomic mass is 9.91. The van der Waals surface area contributed by atoms with Gasteiger partial charge in [0.1, 0.15) is 5.82 Å². The van der Waals surface area contributed by atoms with Gasteiger partial charge in [-0.3, -0.25) is 19.5 Å². The normalized spacial score (nSPS) is 14.2. The van der Waals surface area contributed by atoms with Crippen LogP contribution in [0.2, 0.25) is 0 Å². The van der Waals surface area contributed by atoms with Gasteiger partial charge in [-0.05, 0) is 110 Å². The van der Waals surface area contributed by atoms with Crippen LogP contribution in [0, 0.1) is 18.7 Å². The third kappa shape index (κ3) is 7.16. The number of rotatable bonds is 9. The van der Waals surface area contributed by atoms with Gasteiger partial charge >= 0.3 is 0 Å². The average molecular weight is 553 g/mol. The third-order valence-corrected chi connectivity index (χ3v) is 8.14. The predicted octanol–water partition coefficient (Wildman–Crippen LogP) is 6.73. The third-order valence-electron chi connectivity index (χ3n) is 8.14. The summed E-state index contributed by atoms with van der Waals surface area (Å²) in [6.45, 7) is 4.99. The maximum Gasteiger partial charge on any atom is 0.255 e. The number of benzene rings is 3. The Kier molecular flexibility index (Phi) is 9.04. The van der Waals surface area contributed by atoms with Crippen LogP contribution in [-0.2, 0) is 11.3 Å². The number of hydrogen-bond donors (Lipinski definition) is 2. The Morgan fingerprint density at radius 2 is 1.66 bits per heavy atom. The quantitative estimate of drug-likeness (QED) is 0.241. The molecular weight excluding hydrogens is 515 g/mol. The number of carbonyl (C=O) groups excluding carboxylic acids is 2. The molecule has 0 atom stereocenters. The fourth-order valence-electron chi connectivity index (χ4n) is 5.63. The molecule has 0 unspecified atom stereocenters. The molecule has 1 fully saturated rings. The van der Waals surface area contributed by atoms with Crippen molar-refractivity contribution >= 4 is 28.4 Å². The molecule has 0 saturated carbocycles. The van der Waals surface area contributed by atoms with Gasteiger partial charge in [-0.2, -0.15) is 0 Å². The fourth-order valence-corrected chi connectivity index (χ4v) is 5.63. The van der Waals surface area contributed by atoms with Crippen LogP contribution in [-0.4, -0.2) is 41.8 Å². The number of fused-ring (bicyclic) bond motifs is 1. The van der Waals surface area contributed by atoms with E-state index in [2.05, 4.69) is 21.6 Å². The molecular formula is C34H37FN4O2. The number of nitrogens with one attached hydrogen (secondary N) is 2. The molecule has 2 N–H and O–H groups in total. The second-order valence-electron chi connectivity index (χ2n) is 11.0. The number of hydrogen-bond acceptors (Lipinski definition) is 4. The first-order chi connectivity index (χ1) is 19.9. The molecule has 0 spiro atoms. The van der Waals surface area contributed by atoms with E-state index in [1.807, 2.05) is 37.4 Å². The van der Waals surface area contributed by atoms with E-state index in [9.17, 15) is 14.0 Å². The summed E-state index contributed by atoms with van der Waals surface area (Å²) in [4.78, 5) is 31.7. The highest BCUT2D eigenvalue weighted by Gasteiger charge is 2.20. The molecule has 1 aliphatic rings. The zero-order valence-corrected chi connectivity index (χ0v) is 23.8. The Morgan fingerprint density at radius 3 is 2.34 bits per heavy atom. The topological polar surface area (TPSA) is 74.3 Å². The van der Waals surface area contributed by atoms with E-state index in [0.717, 1.165) is 65.8 Å². The van der Waals surface area contributed by atoms with Crippen LogP contribution in [0.3, 0.4) is 0 Å². The van der Waals surface area contributed by atoms with Gasteiger partial charge in [0.15, 0.2) is 0 Å². The van der Waals surface area contributed by atoms with Gasteiger partial charge in [-0.1, -0.05) is 30.3 Å². The lowest BCUT2D eigenvalue weighted by Crippen LogP contribution is -2.33. The van der Waals surface area contributed by atoms with Crippen molar-refractivity contribution in [2.45, 2.75) is 45.6 Å². The molecule has 1 aromatic heterocycles. The van der Waals surface area contributed by atoms with Crippen LogP contribution >= 0.6 is 0 Å². The number of halogens is 1. The molecule has 4 aromatic rings. The number of aryl methyl sites for hydroxylation is 1. The van der Waals surface area contributed by atoms with E-state index < -0.39 is 0 Å². The van der Waals surface area contributed by atoms with Gasteiger partial charge in [-0.15, -0.1) is 0 Å². The number of pyridine rings is 1. The fraction of sp³-hybridized carbons (Fsp3) is 0.324. The highest BCUT2D eigenvalue weighted by Crippen LogP contribution is 2.28. The second-order valence-corrected chi connectivity index (χ2v) is 11.0. The van der Waals surface area contributed by atoms with Crippen molar-refractivity contribution in [1.29, 1.82) is 0 Å². The SMILES string of the molecule is CNC(=O)CCCC1CCN(Cc2cnc3c(C)c(NC(=O)c4ccc(-c5ccc(F)cc5)cc4)ccc3c2)CC1. The van der Waals surface area contributed by atoms with E-state index >= 15 is 0 Å². The first kappa shape index (κ1) is 28.4. The minimum Gasteiger partial charge on any atom is -0.359 e. The molecule has 0 radical (unpaired) electrons. The molecule has 6 nitrogen and oxygen atoms in total. The summed E-state index contributed by atoms with van der Waals surface area (Å²) in [5.74, 6) is 0.371. The van der Waals surface area contributed by atoms with Crippen LogP contribution in [0.4, 0.5) is 10.1 Å². The Balaban J connectivity index is 1.17. The minimum absolute atomic E-state index is 0.130. The van der Waals surface area contributed by atoms with Crippen molar-refractivity contribution in [3.05, 3.63) is 95.4 Å². The number of nitrogens with zero attached hydrogens (tertiary/aromatic N) is 2. The summed E-state index contributed by atoms with van der Waals surface area (Å²) in [7, 11) is 1.69. The Hall–Kier alpha value is -4.10. The van der Waals surface area contributed by atoms with Gasteiger partial charge in [0.05, 0.1) is 5.52 Å². The Labute approximate surface area is 241 Å². The number of carbonyl (C=O) groups is 2. The molecule has 1 saturated heterocycles. The highest BCUT2D eigenvalue weighted by molar-refractivity contribution is 6.06. The number of amides is 2. The molecule has 1 aliphatic heterocycles. The summed E-state index contributed by atoms with van der Waals surface area (Å²) in [5.41, 5.74) is 6.11. The van der Waals surface area contributed by atoms with E-state index in [0.29, 0.717) is 17.9 Å². The summed E-state index contributed by atoms with van der Waals surface area (Å²) in [6.07, 6.45) is 7.00. The maximum absolute atomic E-state index is 13.2. The molecule has 0 aliphatic carbocycles. The van der Waals surface area contributed by atoms with Gasteiger partial charge in [0.2, 0.25) is 5.91 Å². The molecule has 7 heteroatoms. The van der Waals surface area contributed by atoms with E-state index in [-0.39, 0.29) is 17.6 Å². The van der Waals surface area contributed by atoms with Crippen LogP contribution in [0.15, 0.2) is 72.9 Å². The van der Waals surface area contributed by atoms with Crippen LogP contribution in [0.25, 0.3) is 22.0 Å². The van der Waals surface area contributed by atoms with Gasteiger partial charge in [0.25, 0.3) is 5.91 Å². The molecule has 3 aromatic carbocycles. The number of anilines is 1. The lowest BCUT2D eigenvalue weighted by molar-refractivity contribution is -0.120. The second kappa shape index (κ2) is 13.0. The van der Waals surface area contributed by atoms with Crippen molar-refractivity contribution in [2.75, 3.05) is 25.5 Å². The standard InChI is InChI=1S/C34H37FN4O2/c1-23-31(38-34(41)28-8-6-26(7-9-28)27-10-13-30(35)14-11-27)15-12-29-20-25(21-37-33(23)29)22-39-18-16-24(17-19-39)4-3-5-32(40)36-2/h6-15,20-21,24H,3-5,16-19,22H2,1-2H3,(H,36,40)(H,38,41). The smallest absolute Gasteiger partial charge is 0.255 e. The molecule has 2 amide bonds. The first-order valence-electron chi connectivity index (χ1n) is 14.4. The van der Waals surface area contributed by atoms with Crippen LogP contribution < -0.4 is 10.6 Å². The number of likely N-dealkylation sites (tertiary alicyclic amines) is 1. The summed E-state index contributed by atoms with van der Waals surface area (Å²) in [6, 6.07) is 19.8. The van der Waals surface area contributed by atoms with Crippen LogP contribution in [0.5, 0.6) is 0 Å². The van der Waals surface area contributed by atoms with E-state index in [1.54, 1.807) is 31.3 Å². The van der Waals surface area contributed by atoms with Crippen molar-refractivity contribution in [3.8, 4) is 11.1 Å². The number of aromatic nitrogens is 1. The largest absolute Gasteiger partial charge is 0.359 e. The van der Waals surface area contributed by atoms with Crippen molar-refractivity contribution in [2.24, 2.45) is 5.92 Å². The van der Waals surface area contributed by atoms with Crippen molar-refractivity contribution in [3.63, 3.8) is 0 Å². The monoisotopic (exact) mass is 552 g/mol. The molecule has 0 bridgehead atoms.